The molecule has 3 nitrogen and oxygen atoms in total. The summed E-state index contributed by atoms with van der Waals surface area (Å²) in [5.41, 5.74) is 0. The van der Waals surface area contributed by atoms with Crippen molar-refractivity contribution in [1.82, 2.24) is 0 Å². The van der Waals surface area contributed by atoms with Crippen LogP contribution >= 0.6 is 0 Å². The third-order valence-electron chi connectivity index (χ3n) is 1.69. The van der Waals surface area contributed by atoms with Crippen molar-refractivity contribution < 1.29 is 14.6 Å². The topological polar surface area (TPSA) is 46.5 Å². The SMILES string of the molecule is COC(=O)CC/C=C/CCCCO. The Morgan fingerprint density at radius 1 is 1.31 bits per heavy atom. The van der Waals surface area contributed by atoms with Gasteiger partial charge in [0, 0.05) is 13.0 Å². The zero-order chi connectivity index (χ0) is 9.94. The number of allylic oxidation sites excluding steroid dienone is 2. The lowest BCUT2D eigenvalue weighted by Gasteiger charge is -1.94. The number of esters is 1. The van der Waals surface area contributed by atoms with Gasteiger partial charge < -0.3 is 9.84 Å². The molecule has 13 heavy (non-hydrogen) atoms. The molecule has 0 bridgehead atoms. The Kier molecular flexibility index (Phi) is 8.67. The number of rotatable bonds is 7. The third kappa shape index (κ3) is 9.08. The van der Waals surface area contributed by atoms with Gasteiger partial charge in [0.1, 0.15) is 0 Å². The van der Waals surface area contributed by atoms with E-state index in [2.05, 4.69) is 4.74 Å². The maximum atomic E-state index is 10.7. The summed E-state index contributed by atoms with van der Waals surface area (Å²) in [7, 11) is 1.40. The van der Waals surface area contributed by atoms with Crippen molar-refractivity contribution in [2.75, 3.05) is 13.7 Å². The highest BCUT2D eigenvalue weighted by Crippen LogP contribution is 1.98. The van der Waals surface area contributed by atoms with Crippen LogP contribution in [0.15, 0.2) is 12.2 Å². The highest BCUT2D eigenvalue weighted by atomic mass is 16.5. The molecular weight excluding hydrogens is 168 g/mol. The molecule has 3 heteroatoms. The Balaban J connectivity index is 3.17. The van der Waals surface area contributed by atoms with E-state index < -0.39 is 0 Å². The van der Waals surface area contributed by atoms with Gasteiger partial charge in [-0.1, -0.05) is 12.2 Å². The molecule has 0 atom stereocenters. The Morgan fingerprint density at radius 3 is 2.62 bits per heavy atom. The second-order valence-corrected chi connectivity index (χ2v) is 2.81. The minimum absolute atomic E-state index is 0.167. The van der Waals surface area contributed by atoms with E-state index in [0.29, 0.717) is 6.42 Å². The normalized spacial score (nSPS) is 10.6. The minimum atomic E-state index is -0.167. The van der Waals surface area contributed by atoms with Crippen molar-refractivity contribution >= 4 is 5.97 Å². The van der Waals surface area contributed by atoms with Crippen molar-refractivity contribution in [2.45, 2.75) is 32.1 Å². The van der Waals surface area contributed by atoms with E-state index in [9.17, 15) is 4.79 Å². The van der Waals surface area contributed by atoms with E-state index in [1.807, 2.05) is 12.2 Å². The number of carbonyl (C=O) groups excluding carboxylic acids is 1. The number of hydrogen-bond acceptors (Lipinski definition) is 3. The third-order valence-corrected chi connectivity index (χ3v) is 1.69. The first-order valence-corrected chi connectivity index (χ1v) is 4.64. The van der Waals surface area contributed by atoms with Crippen LogP contribution < -0.4 is 0 Å². The number of ether oxygens (including phenoxy) is 1. The van der Waals surface area contributed by atoms with Crippen LogP contribution in [0.5, 0.6) is 0 Å². The number of aliphatic hydroxyl groups excluding tert-OH is 1. The van der Waals surface area contributed by atoms with Gasteiger partial charge in [-0.25, -0.2) is 0 Å². The molecule has 0 aromatic carbocycles. The molecule has 0 fully saturated rings. The predicted molar refractivity (Wildman–Crippen MR) is 51.3 cm³/mol. The van der Waals surface area contributed by atoms with Crippen LogP contribution in [0.2, 0.25) is 0 Å². The molecule has 0 rings (SSSR count). The first kappa shape index (κ1) is 12.2. The fraction of sp³-hybridized carbons (Fsp3) is 0.700. The van der Waals surface area contributed by atoms with E-state index >= 15 is 0 Å². The molecule has 0 spiro atoms. The van der Waals surface area contributed by atoms with Gasteiger partial charge in [-0.2, -0.15) is 0 Å². The maximum Gasteiger partial charge on any atom is 0.305 e. The van der Waals surface area contributed by atoms with Gasteiger partial charge >= 0.3 is 5.97 Å². The smallest absolute Gasteiger partial charge is 0.305 e. The van der Waals surface area contributed by atoms with Crippen LogP contribution in [0.1, 0.15) is 32.1 Å². The largest absolute Gasteiger partial charge is 0.469 e. The second-order valence-electron chi connectivity index (χ2n) is 2.81. The monoisotopic (exact) mass is 186 g/mol. The minimum Gasteiger partial charge on any atom is -0.469 e. The molecule has 0 saturated carbocycles. The van der Waals surface area contributed by atoms with E-state index in [-0.39, 0.29) is 12.6 Å². The zero-order valence-electron chi connectivity index (χ0n) is 8.16. The lowest BCUT2D eigenvalue weighted by atomic mass is 10.2. The lowest BCUT2D eigenvalue weighted by molar-refractivity contribution is -0.140. The fourth-order valence-electron chi connectivity index (χ4n) is 0.913. The number of carbonyl (C=O) groups is 1. The van der Waals surface area contributed by atoms with Gasteiger partial charge in [-0.3, -0.25) is 4.79 Å². The molecule has 0 aromatic heterocycles. The molecule has 0 unspecified atom stereocenters. The Morgan fingerprint density at radius 2 is 2.00 bits per heavy atom. The van der Waals surface area contributed by atoms with Crippen LogP contribution in [0, 0.1) is 0 Å². The maximum absolute atomic E-state index is 10.7. The van der Waals surface area contributed by atoms with Gasteiger partial charge in [0.15, 0.2) is 0 Å². The quantitative estimate of drug-likeness (QED) is 0.373. The van der Waals surface area contributed by atoms with Gasteiger partial charge in [0.2, 0.25) is 0 Å². The Hall–Kier alpha value is -0.830. The standard InChI is InChI=1S/C10H18O3/c1-13-10(12)8-6-4-2-3-5-7-9-11/h2,4,11H,3,5-9H2,1H3/b4-2+. The highest BCUT2D eigenvalue weighted by molar-refractivity contribution is 5.69. The molecule has 0 saturated heterocycles. The molecule has 0 amide bonds. The number of aliphatic hydroxyl groups is 1. The van der Waals surface area contributed by atoms with Crippen molar-refractivity contribution in [2.24, 2.45) is 0 Å². The van der Waals surface area contributed by atoms with Crippen LogP contribution in [0.4, 0.5) is 0 Å². The van der Waals surface area contributed by atoms with Gasteiger partial charge in [-0.15, -0.1) is 0 Å². The van der Waals surface area contributed by atoms with Crippen molar-refractivity contribution in [3.8, 4) is 0 Å². The van der Waals surface area contributed by atoms with Crippen LogP contribution in [0.25, 0.3) is 0 Å². The van der Waals surface area contributed by atoms with Crippen LogP contribution in [-0.2, 0) is 9.53 Å². The second kappa shape index (κ2) is 9.26. The van der Waals surface area contributed by atoms with Crippen LogP contribution in [0.3, 0.4) is 0 Å². The Bertz CT molecular complexity index is 152. The van der Waals surface area contributed by atoms with Crippen molar-refractivity contribution in [3.63, 3.8) is 0 Å². The molecule has 0 aromatic rings. The average molecular weight is 186 g/mol. The summed E-state index contributed by atoms with van der Waals surface area (Å²) >= 11 is 0. The van der Waals surface area contributed by atoms with E-state index in [1.54, 1.807) is 0 Å². The fourth-order valence-corrected chi connectivity index (χ4v) is 0.913. The first-order valence-electron chi connectivity index (χ1n) is 4.64. The summed E-state index contributed by atoms with van der Waals surface area (Å²) in [6.45, 7) is 0.260. The van der Waals surface area contributed by atoms with Crippen LogP contribution in [-0.4, -0.2) is 24.8 Å². The van der Waals surface area contributed by atoms with Gasteiger partial charge in [0.05, 0.1) is 7.11 Å². The van der Waals surface area contributed by atoms with E-state index in [0.717, 1.165) is 25.7 Å². The molecule has 0 radical (unpaired) electrons. The molecule has 76 valence electrons. The average Bonchev–Trinajstić information content (AvgIpc) is 2.16. The molecule has 0 aliphatic carbocycles. The molecular formula is C10H18O3. The number of hydrogen-bond donors (Lipinski definition) is 1. The highest BCUT2D eigenvalue weighted by Gasteiger charge is 1.95. The van der Waals surface area contributed by atoms with E-state index in [4.69, 9.17) is 5.11 Å². The molecule has 0 aliphatic heterocycles. The summed E-state index contributed by atoms with van der Waals surface area (Å²) in [5.74, 6) is -0.167. The van der Waals surface area contributed by atoms with E-state index in [1.165, 1.54) is 7.11 Å². The predicted octanol–water partition coefficient (Wildman–Crippen LogP) is 1.66. The summed E-state index contributed by atoms with van der Waals surface area (Å²) in [5, 5.41) is 8.49. The lowest BCUT2D eigenvalue weighted by Crippen LogP contribution is -1.97. The molecule has 0 heterocycles. The zero-order valence-corrected chi connectivity index (χ0v) is 8.16. The number of methoxy groups -OCH3 is 1. The summed E-state index contributed by atoms with van der Waals surface area (Å²) < 4.78 is 4.49. The van der Waals surface area contributed by atoms with Gasteiger partial charge in [0.25, 0.3) is 0 Å². The summed E-state index contributed by atoms with van der Waals surface area (Å²) in [6, 6.07) is 0. The molecule has 1 N–H and O–H groups in total. The van der Waals surface area contributed by atoms with Gasteiger partial charge in [-0.05, 0) is 25.7 Å². The van der Waals surface area contributed by atoms with Crippen molar-refractivity contribution in [1.29, 1.82) is 0 Å². The molecule has 0 aliphatic rings. The Labute approximate surface area is 79.4 Å². The number of unbranched alkanes of at least 4 members (excludes halogenated alkanes) is 2. The summed E-state index contributed by atoms with van der Waals surface area (Å²) in [6.07, 6.45) is 8.04. The first-order chi connectivity index (χ1) is 6.31. The summed E-state index contributed by atoms with van der Waals surface area (Å²) in [4.78, 5) is 10.7. The van der Waals surface area contributed by atoms with Crippen molar-refractivity contribution in [3.05, 3.63) is 12.2 Å².